The van der Waals surface area contributed by atoms with Gasteiger partial charge in [0, 0.05) is 31.5 Å². The van der Waals surface area contributed by atoms with E-state index in [0.717, 1.165) is 0 Å². The first-order valence-electron chi connectivity index (χ1n) is 4.64. The molecule has 1 heterocycles. The lowest BCUT2D eigenvalue weighted by molar-refractivity contribution is -0.127. The second-order valence-corrected chi connectivity index (χ2v) is 3.80. The van der Waals surface area contributed by atoms with Gasteiger partial charge in [0.25, 0.3) is 0 Å². The molecule has 0 bridgehead atoms. The van der Waals surface area contributed by atoms with Gasteiger partial charge in [-0.1, -0.05) is 22.0 Å². The average Bonchev–Trinajstić information content (AvgIpc) is 2.26. The van der Waals surface area contributed by atoms with Gasteiger partial charge in [-0.3, -0.25) is 4.79 Å². The molecule has 0 aromatic heterocycles. The molecule has 0 aliphatic carbocycles. The molecule has 1 N–H and O–H groups in total. The lowest BCUT2D eigenvalue weighted by Gasteiger charge is -2.32. The summed E-state index contributed by atoms with van der Waals surface area (Å²) in [5.74, 6) is -0.0560. The first-order chi connectivity index (χ1) is 7.15. The van der Waals surface area contributed by atoms with E-state index >= 15 is 0 Å². The third-order valence-corrected chi connectivity index (χ3v) is 2.59. The van der Waals surface area contributed by atoms with Crippen LogP contribution >= 0.6 is 15.9 Å². The summed E-state index contributed by atoms with van der Waals surface area (Å²) in [5, 5.41) is 9.35. The van der Waals surface area contributed by atoms with Gasteiger partial charge in [-0.15, -0.1) is 0 Å². The quantitative estimate of drug-likeness (QED) is 0.598. The molecule has 1 fully saturated rings. The van der Waals surface area contributed by atoms with Gasteiger partial charge in [-0.05, 0) is 6.08 Å². The van der Waals surface area contributed by atoms with Crippen molar-refractivity contribution in [1.29, 1.82) is 0 Å². The van der Waals surface area contributed by atoms with Crippen molar-refractivity contribution >= 4 is 27.9 Å². The fourth-order valence-electron chi connectivity index (χ4n) is 1.37. The molecule has 0 unspecified atom stereocenters. The van der Waals surface area contributed by atoms with Gasteiger partial charge in [0.15, 0.2) is 0 Å². The summed E-state index contributed by atoms with van der Waals surface area (Å²) in [4.78, 5) is 25.1. The van der Waals surface area contributed by atoms with Crippen LogP contribution in [0.5, 0.6) is 0 Å². The summed E-state index contributed by atoms with van der Waals surface area (Å²) in [6, 6.07) is 0. The van der Waals surface area contributed by atoms with Gasteiger partial charge in [0.1, 0.15) is 0 Å². The number of nitrogens with zero attached hydrogens (tertiary/aromatic N) is 2. The van der Waals surface area contributed by atoms with Crippen LogP contribution in [0.3, 0.4) is 0 Å². The van der Waals surface area contributed by atoms with Crippen molar-refractivity contribution < 1.29 is 14.7 Å². The minimum absolute atomic E-state index is 0.0560. The van der Waals surface area contributed by atoms with E-state index in [1.807, 2.05) is 0 Å². The van der Waals surface area contributed by atoms with E-state index in [1.54, 1.807) is 11.0 Å². The number of hydrogen-bond acceptors (Lipinski definition) is 2. The fraction of sp³-hybridized carbons (Fsp3) is 0.556. The largest absolute Gasteiger partial charge is 0.465 e. The summed E-state index contributed by atoms with van der Waals surface area (Å²) >= 11 is 3.19. The Bertz CT molecular complexity index is 273. The van der Waals surface area contributed by atoms with Crippen molar-refractivity contribution in [3.05, 3.63) is 12.2 Å². The van der Waals surface area contributed by atoms with Crippen LogP contribution in [0, 0.1) is 0 Å². The Morgan fingerprint density at radius 1 is 1.20 bits per heavy atom. The minimum Gasteiger partial charge on any atom is -0.465 e. The fourth-order valence-corrected chi connectivity index (χ4v) is 1.56. The average molecular weight is 277 g/mol. The first kappa shape index (κ1) is 12.0. The van der Waals surface area contributed by atoms with Crippen molar-refractivity contribution in [2.45, 2.75) is 0 Å². The molecule has 6 heteroatoms. The van der Waals surface area contributed by atoms with E-state index in [-0.39, 0.29) is 5.91 Å². The molecular formula is C9H13BrN2O3. The van der Waals surface area contributed by atoms with E-state index in [1.165, 1.54) is 11.0 Å². The van der Waals surface area contributed by atoms with Crippen LogP contribution in [-0.2, 0) is 4.79 Å². The molecule has 0 spiro atoms. The molecule has 2 amide bonds. The smallest absolute Gasteiger partial charge is 0.407 e. The first-order valence-corrected chi connectivity index (χ1v) is 5.76. The lowest BCUT2D eigenvalue weighted by Crippen LogP contribution is -2.49. The molecule has 1 aliphatic heterocycles. The maximum atomic E-state index is 11.5. The number of carbonyl (C=O) groups excluding carboxylic acids is 1. The van der Waals surface area contributed by atoms with Crippen molar-refractivity contribution in [1.82, 2.24) is 9.80 Å². The topological polar surface area (TPSA) is 60.9 Å². The van der Waals surface area contributed by atoms with Crippen LogP contribution in [0.15, 0.2) is 12.2 Å². The highest BCUT2D eigenvalue weighted by Crippen LogP contribution is 2.03. The molecule has 0 saturated carbocycles. The Labute approximate surface area is 96.5 Å². The number of alkyl halides is 1. The molecular weight excluding hydrogens is 264 g/mol. The van der Waals surface area contributed by atoms with E-state index in [9.17, 15) is 9.59 Å². The van der Waals surface area contributed by atoms with Gasteiger partial charge >= 0.3 is 6.09 Å². The number of piperazine rings is 1. The predicted octanol–water partition coefficient (Wildman–Crippen LogP) is 0.760. The van der Waals surface area contributed by atoms with Crippen LogP contribution in [0.1, 0.15) is 0 Å². The van der Waals surface area contributed by atoms with E-state index in [2.05, 4.69) is 15.9 Å². The summed E-state index contributed by atoms with van der Waals surface area (Å²) in [7, 11) is 0. The van der Waals surface area contributed by atoms with Gasteiger partial charge < -0.3 is 14.9 Å². The number of hydrogen-bond donors (Lipinski definition) is 1. The van der Waals surface area contributed by atoms with Crippen molar-refractivity contribution in [3.63, 3.8) is 0 Å². The van der Waals surface area contributed by atoms with Crippen LogP contribution in [0.4, 0.5) is 4.79 Å². The van der Waals surface area contributed by atoms with Crippen molar-refractivity contribution in [2.24, 2.45) is 0 Å². The Kier molecular flexibility index (Phi) is 4.61. The minimum atomic E-state index is -0.918. The highest BCUT2D eigenvalue weighted by Gasteiger charge is 2.22. The normalized spacial score (nSPS) is 17.1. The molecule has 15 heavy (non-hydrogen) atoms. The number of carbonyl (C=O) groups is 2. The molecule has 5 nitrogen and oxygen atoms in total. The van der Waals surface area contributed by atoms with Gasteiger partial charge in [-0.25, -0.2) is 4.79 Å². The zero-order valence-electron chi connectivity index (χ0n) is 8.23. The monoisotopic (exact) mass is 276 g/mol. The summed E-state index contributed by atoms with van der Waals surface area (Å²) < 4.78 is 0. The molecule has 1 aliphatic rings. The number of halogens is 1. The van der Waals surface area contributed by atoms with Gasteiger partial charge in [0.2, 0.25) is 5.91 Å². The third-order valence-electron chi connectivity index (χ3n) is 2.21. The van der Waals surface area contributed by atoms with Crippen LogP contribution in [0.25, 0.3) is 0 Å². The third kappa shape index (κ3) is 3.54. The molecule has 0 atom stereocenters. The van der Waals surface area contributed by atoms with E-state index in [4.69, 9.17) is 5.11 Å². The Morgan fingerprint density at radius 3 is 2.20 bits per heavy atom. The summed E-state index contributed by atoms with van der Waals surface area (Å²) in [6.07, 6.45) is 2.31. The highest BCUT2D eigenvalue weighted by atomic mass is 79.9. The summed E-state index contributed by atoms with van der Waals surface area (Å²) in [5.41, 5.74) is 0. The van der Waals surface area contributed by atoms with Crippen molar-refractivity contribution in [2.75, 3.05) is 31.5 Å². The maximum Gasteiger partial charge on any atom is 0.407 e. The predicted molar refractivity (Wildman–Crippen MR) is 59.1 cm³/mol. The summed E-state index contributed by atoms with van der Waals surface area (Å²) in [6.45, 7) is 1.72. The second-order valence-electron chi connectivity index (χ2n) is 3.15. The molecule has 0 aromatic carbocycles. The Morgan fingerprint density at radius 2 is 1.73 bits per heavy atom. The molecule has 1 saturated heterocycles. The molecule has 0 aromatic rings. The standard InChI is InChI=1S/C9H13BrN2O3/c10-3-1-2-8(13)11-4-6-12(7-5-11)9(14)15/h1-2H,3-7H2,(H,14,15). The Balaban J connectivity index is 2.40. The number of rotatable bonds is 2. The molecule has 1 rings (SSSR count). The van der Waals surface area contributed by atoms with Crippen molar-refractivity contribution in [3.8, 4) is 0 Å². The van der Waals surface area contributed by atoms with Crippen LogP contribution < -0.4 is 0 Å². The number of amides is 2. The lowest BCUT2D eigenvalue weighted by atomic mass is 10.3. The van der Waals surface area contributed by atoms with Gasteiger partial charge in [0.05, 0.1) is 0 Å². The number of allylic oxidation sites excluding steroid dienone is 1. The molecule has 84 valence electrons. The number of carboxylic acid groups (broad SMARTS) is 1. The molecule has 0 radical (unpaired) electrons. The zero-order valence-corrected chi connectivity index (χ0v) is 9.81. The van der Waals surface area contributed by atoms with E-state index in [0.29, 0.717) is 31.5 Å². The van der Waals surface area contributed by atoms with E-state index < -0.39 is 6.09 Å². The van der Waals surface area contributed by atoms with Crippen LogP contribution in [-0.4, -0.2) is 58.4 Å². The Hall–Kier alpha value is -1.04. The van der Waals surface area contributed by atoms with Gasteiger partial charge in [-0.2, -0.15) is 0 Å². The van der Waals surface area contributed by atoms with Crippen LogP contribution in [0.2, 0.25) is 0 Å². The maximum absolute atomic E-state index is 11.5. The second kappa shape index (κ2) is 5.75. The highest BCUT2D eigenvalue weighted by molar-refractivity contribution is 9.09. The SMILES string of the molecule is O=C(O)N1CCN(C(=O)C=CCBr)CC1. The zero-order chi connectivity index (χ0) is 11.3.